The third kappa shape index (κ3) is 4.50. The number of anilines is 1. The molecule has 6 nitrogen and oxygen atoms in total. The van der Waals surface area contributed by atoms with Crippen molar-refractivity contribution in [2.24, 2.45) is 0 Å². The number of hydrogen-bond donors (Lipinski definition) is 1. The predicted octanol–water partition coefficient (Wildman–Crippen LogP) is 2.72. The molecule has 0 spiro atoms. The molecule has 0 unspecified atom stereocenters. The van der Waals surface area contributed by atoms with Gasteiger partial charge in [-0.1, -0.05) is 42.1 Å². The fraction of sp³-hybridized carbons (Fsp3) is 0.471. The summed E-state index contributed by atoms with van der Waals surface area (Å²) < 4.78 is 2.05. The summed E-state index contributed by atoms with van der Waals surface area (Å²) in [5.41, 5.74) is 1.09. The van der Waals surface area contributed by atoms with Crippen LogP contribution in [0.1, 0.15) is 32.4 Å². The van der Waals surface area contributed by atoms with Crippen LogP contribution < -0.4 is 10.2 Å². The van der Waals surface area contributed by atoms with Crippen molar-refractivity contribution < 1.29 is 4.79 Å². The van der Waals surface area contributed by atoms with Crippen molar-refractivity contribution >= 4 is 23.6 Å². The van der Waals surface area contributed by atoms with Gasteiger partial charge in [-0.05, 0) is 26.3 Å². The Kier molecular flexibility index (Phi) is 6.25. The Bertz CT molecular complexity index is 669. The molecular weight excluding hydrogens is 322 g/mol. The lowest BCUT2D eigenvalue weighted by Gasteiger charge is -2.19. The van der Waals surface area contributed by atoms with Crippen LogP contribution in [0.15, 0.2) is 35.5 Å². The highest BCUT2D eigenvalue weighted by Crippen LogP contribution is 2.28. The fourth-order valence-electron chi connectivity index (χ4n) is 2.25. The molecule has 1 aromatic carbocycles. The first-order valence-corrected chi connectivity index (χ1v) is 8.88. The fourth-order valence-corrected chi connectivity index (χ4v) is 3.25. The first-order valence-electron chi connectivity index (χ1n) is 8.00. The van der Waals surface area contributed by atoms with Gasteiger partial charge in [0.2, 0.25) is 11.9 Å². The summed E-state index contributed by atoms with van der Waals surface area (Å²) in [4.78, 5) is 14.3. The largest absolute Gasteiger partial charge is 0.351 e. The average Bonchev–Trinajstić information content (AvgIpc) is 2.97. The van der Waals surface area contributed by atoms with E-state index in [1.54, 1.807) is 0 Å². The Labute approximate surface area is 147 Å². The molecule has 0 bridgehead atoms. The summed E-state index contributed by atoms with van der Waals surface area (Å²) in [5.74, 6) is 0.790. The number of amides is 1. The maximum absolute atomic E-state index is 12.3. The minimum atomic E-state index is -0.245. The predicted molar refractivity (Wildman–Crippen MR) is 98.3 cm³/mol. The van der Waals surface area contributed by atoms with E-state index in [0.717, 1.165) is 16.7 Å². The van der Waals surface area contributed by atoms with E-state index >= 15 is 0 Å². The topological polar surface area (TPSA) is 63.1 Å². The zero-order chi connectivity index (χ0) is 17.7. The zero-order valence-corrected chi connectivity index (χ0v) is 15.7. The molecule has 2 aromatic rings. The van der Waals surface area contributed by atoms with E-state index in [4.69, 9.17) is 0 Å². The van der Waals surface area contributed by atoms with E-state index in [0.29, 0.717) is 6.54 Å². The van der Waals surface area contributed by atoms with Gasteiger partial charge in [-0.3, -0.25) is 9.36 Å². The Hall–Kier alpha value is -2.02. The highest BCUT2D eigenvalue weighted by atomic mass is 32.2. The molecule has 0 aliphatic heterocycles. The van der Waals surface area contributed by atoms with Gasteiger partial charge in [-0.2, -0.15) is 0 Å². The molecule has 1 amide bonds. The summed E-state index contributed by atoms with van der Waals surface area (Å²) in [6.45, 7) is 6.59. The molecule has 1 aromatic heterocycles. The molecule has 1 heterocycles. The number of carbonyl (C=O) groups excluding carboxylic acids is 1. The van der Waals surface area contributed by atoms with E-state index in [1.807, 2.05) is 60.8 Å². The molecule has 130 valence electrons. The first-order chi connectivity index (χ1) is 11.4. The molecular formula is C17H25N5OS. The Balaban J connectivity index is 2.01. The van der Waals surface area contributed by atoms with Crippen LogP contribution >= 0.6 is 11.8 Å². The summed E-state index contributed by atoms with van der Waals surface area (Å²) in [7, 11) is 3.88. The molecule has 0 aliphatic carbocycles. The van der Waals surface area contributed by atoms with Gasteiger partial charge in [-0.25, -0.2) is 0 Å². The molecule has 1 N–H and O–H groups in total. The van der Waals surface area contributed by atoms with Crippen molar-refractivity contribution in [2.75, 3.05) is 19.0 Å². The monoisotopic (exact) mass is 347 g/mol. The van der Waals surface area contributed by atoms with E-state index in [-0.39, 0.29) is 17.2 Å². The second kappa shape index (κ2) is 8.19. The number of benzene rings is 1. The number of nitrogens with zero attached hydrogens (tertiary/aromatic N) is 4. The van der Waals surface area contributed by atoms with Crippen LogP contribution in [-0.4, -0.2) is 40.0 Å². The Morgan fingerprint density at radius 3 is 2.46 bits per heavy atom. The third-order valence-electron chi connectivity index (χ3n) is 3.52. The number of rotatable bonds is 7. The third-order valence-corrected chi connectivity index (χ3v) is 4.58. The van der Waals surface area contributed by atoms with Crippen LogP contribution in [-0.2, 0) is 11.3 Å². The minimum Gasteiger partial charge on any atom is -0.351 e. The SMILES string of the molecule is CC(C)n1c(S[C@H](C)C(=O)NCc2ccccc2)nnc1N(C)C. The molecule has 0 aliphatic rings. The second-order valence-corrected chi connectivity index (χ2v) is 7.41. The van der Waals surface area contributed by atoms with Crippen molar-refractivity contribution in [1.29, 1.82) is 0 Å². The van der Waals surface area contributed by atoms with Gasteiger partial charge in [0.1, 0.15) is 0 Å². The van der Waals surface area contributed by atoms with E-state index in [9.17, 15) is 4.79 Å². The number of thioether (sulfide) groups is 1. The molecule has 24 heavy (non-hydrogen) atoms. The number of carbonyl (C=O) groups is 1. The van der Waals surface area contributed by atoms with Crippen LogP contribution in [0.25, 0.3) is 0 Å². The van der Waals surface area contributed by atoms with Crippen molar-refractivity contribution in [3.05, 3.63) is 35.9 Å². The molecule has 0 fully saturated rings. The first kappa shape index (κ1) is 18.3. The summed E-state index contributed by atoms with van der Waals surface area (Å²) in [5, 5.41) is 12.0. The number of hydrogen-bond acceptors (Lipinski definition) is 5. The van der Waals surface area contributed by atoms with Crippen LogP contribution in [0.3, 0.4) is 0 Å². The van der Waals surface area contributed by atoms with Crippen molar-refractivity contribution in [1.82, 2.24) is 20.1 Å². The van der Waals surface area contributed by atoms with Gasteiger partial charge in [0, 0.05) is 26.7 Å². The van der Waals surface area contributed by atoms with E-state index in [2.05, 4.69) is 29.4 Å². The lowest BCUT2D eigenvalue weighted by Crippen LogP contribution is -2.30. The van der Waals surface area contributed by atoms with Crippen LogP contribution in [0.4, 0.5) is 5.95 Å². The van der Waals surface area contributed by atoms with Gasteiger partial charge < -0.3 is 10.2 Å². The Morgan fingerprint density at radius 2 is 1.88 bits per heavy atom. The van der Waals surface area contributed by atoms with Gasteiger partial charge in [0.15, 0.2) is 5.16 Å². The standard InChI is InChI=1S/C17H25N5OS/c1-12(2)22-16(21(4)5)19-20-17(22)24-13(3)15(23)18-11-14-9-7-6-8-10-14/h6-10,12-13H,11H2,1-5H3,(H,18,23)/t13-/m1/s1. The highest BCUT2D eigenvalue weighted by Gasteiger charge is 2.22. The maximum atomic E-state index is 12.3. The van der Waals surface area contributed by atoms with Gasteiger partial charge in [-0.15, -0.1) is 10.2 Å². The molecule has 0 radical (unpaired) electrons. The molecule has 2 rings (SSSR count). The quantitative estimate of drug-likeness (QED) is 0.780. The Morgan fingerprint density at radius 1 is 1.21 bits per heavy atom. The van der Waals surface area contributed by atoms with E-state index in [1.165, 1.54) is 11.8 Å². The van der Waals surface area contributed by atoms with Crippen molar-refractivity contribution in [2.45, 2.75) is 43.8 Å². The van der Waals surface area contributed by atoms with Gasteiger partial charge in [0.25, 0.3) is 0 Å². The summed E-state index contributed by atoms with van der Waals surface area (Å²) in [6, 6.07) is 10.1. The van der Waals surface area contributed by atoms with Crippen LogP contribution in [0.2, 0.25) is 0 Å². The lowest BCUT2D eigenvalue weighted by molar-refractivity contribution is -0.120. The molecule has 0 saturated heterocycles. The maximum Gasteiger partial charge on any atom is 0.233 e. The molecule has 0 saturated carbocycles. The smallest absolute Gasteiger partial charge is 0.233 e. The van der Waals surface area contributed by atoms with Crippen LogP contribution in [0, 0.1) is 0 Å². The normalized spacial score (nSPS) is 12.2. The average molecular weight is 347 g/mol. The van der Waals surface area contributed by atoms with Gasteiger partial charge in [0.05, 0.1) is 5.25 Å². The number of aromatic nitrogens is 3. The molecule has 7 heteroatoms. The minimum absolute atomic E-state index is 0.00596. The van der Waals surface area contributed by atoms with E-state index < -0.39 is 0 Å². The lowest BCUT2D eigenvalue weighted by atomic mass is 10.2. The van der Waals surface area contributed by atoms with Gasteiger partial charge >= 0.3 is 0 Å². The zero-order valence-electron chi connectivity index (χ0n) is 14.9. The molecule has 1 atom stereocenters. The van der Waals surface area contributed by atoms with Crippen molar-refractivity contribution in [3.8, 4) is 0 Å². The number of nitrogens with one attached hydrogen (secondary N) is 1. The van der Waals surface area contributed by atoms with Crippen LogP contribution in [0.5, 0.6) is 0 Å². The summed E-state index contributed by atoms with van der Waals surface area (Å²) >= 11 is 1.43. The highest BCUT2D eigenvalue weighted by molar-refractivity contribution is 8.00. The van der Waals surface area contributed by atoms with Crippen molar-refractivity contribution in [3.63, 3.8) is 0 Å². The second-order valence-electron chi connectivity index (χ2n) is 6.10. The summed E-state index contributed by atoms with van der Waals surface area (Å²) in [6.07, 6.45) is 0.